The van der Waals surface area contributed by atoms with Gasteiger partial charge in [-0.2, -0.15) is 5.10 Å². The van der Waals surface area contributed by atoms with Crippen molar-refractivity contribution in [3.8, 4) is 5.82 Å². The normalized spacial score (nSPS) is 18.7. The first-order chi connectivity index (χ1) is 15.5. The molecule has 8 heteroatoms. The SMILES string of the molecule is Cc1cc(C)n(-c2ccc(=O)n(C3CCC(NC(=O)c4ccc5[nH]ccc5c4)CC3)n2)n1. The predicted octanol–water partition coefficient (Wildman–Crippen LogP) is 3.44. The molecule has 3 aromatic heterocycles. The monoisotopic (exact) mass is 430 g/mol. The van der Waals surface area contributed by atoms with E-state index in [-0.39, 0.29) is 23.6 Å². The Morgan fingerprint density at radius 1 is 1.03 bits per heavy atom. The van der Waals surface area contributed by atoms with Crippen LogP contribution in [0.2, 0.25) is 0 Å². The summed E-state index contributed by atoms with van der Waals surface area (Å²) in [5.74, 6) is 0.587. The number of rotatable bonds is 4. The maximum absolute atomic E-state index is 12.7. The number of aromatic amines is 1. The molecular weight excluding hydrogens is 404 g/mol. The molecule has 5 rings (SSSR count). The van der Waals surface area contributed by atoms with E-state index in [0.717, 1.165) is 48.0 Å². The Kier molecular flexibility index (Phi) is 5.13. The average molecular weight is 431 g/mol. The third-order valence-electron chi connectivity index (χ3n) is 6.23. The number of aromatic nitrogens is 5. The molecule has 1 aliphatic rings. The molecular formula is C24H26N6O2. The van der Waals surface area contributed by atoms with Crippen molar-refractivity contribution in [1.29, 1.82) is 0 Å². The molecule has 0 radical (unpaired) electrons. The summed E-state index contributed by atoms with van der Waals surface area (Å²) in [7, 11) is 0. The Morgan fingerprint density at radius 2 is 1.84 bits per heavy atom. The van der Waals surface area contributed by atoms with Crippen molar-refractivity contribution in [3.63, 3.8) is 0 Å². The second kappa shape index (κ2) is 8.11. The van der Waals surface area contributed by atoms with Gasteiger partial charge in [0, 0.05) is 40.5 Å². The van der Waals surface area contributed by atoms with Crippen molar-refractivity contribution in [2.24, 2.45) is 0 Å². The lowest BCUT2D eigenvalue weighted by Crippen LogP contribution is -2.39. The molecule has 32 heavy (non-hydrogen) atoms. The van der Waals surface area contributed by atoms with Crippen molar-refractivity contribution in [2.45, 2.75) is 51.6 Å². The Balaban J connectivity index is 1.26. The predicted molar refractivity (Wildman–Crippen MR) is 122 cm³/mol. The van der Waals surface area contributed by atoms with Crippen molar-refractivity contribution >= 4 is 16.8 Å². The minimum atomic E-state index is -0.109. The molecule has 0 saturated heterocycles. The highest BCUT2D eigenvalue weighted by Gasteiger charge is 2.25. The van der Waals surface area contributed by atoms with Gasteiger partial charge < -0.3 is 10.3 Å². The van der Waals surface area contributed by atoms with Crippen LogP contribution in [-0.4, -0.2) is 36.5 Å². The van der Waals surface area contributed by atoms with E-state index >= 15 is 0 Å². The molecule has 4 aromatic rings. The van der Waals surface area contributed by atoms with Crippen LogP contribution in [0.3, 0.4) is 0 Å². The first-order valence-electron chi connectivity index (χ1n) is 11.0. The van der Waals surface area contributed by atoms with Gasteiger partial charge in [0.2, 0.25) is 0 Å². The van der Waals surface area contributed by atoms with Crippen LogP contribution in [0.25, 0.3) is 16.7 Å². The summed E-state index contributed by atoms with van der Waals surface area (Å²) in [5.41, 5.74) is 3.46. The molecule has 2 N–H and O–H groups in total. The van der Waals surface area contributed by atoms with Crippen LogP contribution in [0.5, 0.6) is 0 Å². The van der Waals surface area contributed by atoms with Crippen LogP contribution in [0.1, 0.15) is 53.5 Å². The summed E-state index contributed by atoms with van der Waals surface area (Å²) in [6, 6.07) is 13.0. The summed E-state index contributed by atoms with van der Waals surface area (Å²) >= 11 is 0. The van der Waals surface area contributed by atoms with Crippen LogP contribution in [-0.2, 0) is 0 Å². The lowest BCUT2D eigenvalue weighted by atomic mass is 9.91. The number of H-pyrrole nitrogens is 1. The first kappa shape index (κ1) is 20.2. The third kappa shape index (κ3) is 3.84. The number of nitrogens with one attached hydrogen (secondary N) is 2. The number of carbonyl (C=O) groups is 1. The fourth-order valence-corrected chi connectivity index (χ4v) is 4.58. The van der Waals surface area contributed by atoms with Crippen LogP contribution in [0.15, 0.2) is 53.5 Å². The molecule has 1 fully saturated rings. The molecule has 164 valence electrons. The Bertz CT molecular complexity index is 1340. The van der Waals surface area contributed by atoms with E-state index in [4.69, 9.17) is 0 Å². The number of benzene rings is 1. The van der Waals surface area contributed by atoms with Crippen molar-refractivity contribution < 1.29 is 4.79 Å². The van der Waals surface area contributed by atoms with Gasteiger partial charge in [-0.1, -0.05) is 0 Å². The molecule has 0 atom stereocenters. The zero-order chi connectivity index (χ0) is 22.2. The maximum Gasteiger partial charge on any atom is 0.267 e. The smallest absolute Gasteiger partial charge is 0.267 e. The summed E-state index contributed by atoms with van der Waals surface area (Å²) in [4.78, 5) is 28.4. The molecule has 0 spiro atoms. The third-order valence-corrected chi connectivity index (χ3v) is 6.23. The van der Waals surface area contributed by atoms with Gasteiger partial charge in [0.05, 0.1) is 11.7 Å². The number of carbonyl (C=O) groups excluding carboxylic acids is 1. The van der Waals surface area contributed by atoms with Crippen LogP contribution in [0, 0.1) is 13.8 Å². The van der Waals surface area contributed by atoms with Gasteiger partial charge in [-0.25, -0.2) is 9.36 Å². The van der Waals surface area contributed by atoms with E-state index in [2.05, 4.69) is 20.5 Å². The van der Waals surface area contributed by atoms with E-state index in [1.54, 1.807) is 21.5 Å². The number of hydrogen-bond donors (Lipinski definition) is 2. The number of aryl methyl sites for hydroxylation is 2. The number of hydrogen-bond acceptors (Lipinski definition) is 4. The van der Waals surface area contributed by atoms with Crippen molar-refractivity contribution in [2.75, 3.05) is 0 Å². The molecule has 0 unspecified atom stereocenters. The molecule has 3 heterocycles. The Hall–Kier alpha value is -3.68. The fraction of sp³-hybridized carbons (Fsp3) is 0.333. The van der Waals surface area contributed by atoms with Gasteiger partial charge in [0.25, 0.3) is 11.5 Å². The number of nitrogens with zero attached hydrogens (tertiary/aromatic N) is 4. The molecule has 0 aliphatic heterocycles. The molecule has 1 saturated carbocycles. The second-order valence-electron chi connectivity index (χ2n) is 8.57. The van der Waals surface area contributed by atoms with Crippen LogP contribution < -0.4 is 10.9 Å². The average Bonchev–Trinajstić information content (AvgIpc) is 3.39. The van der Waals surface area contributed by atoms with E-state index in [0.29, 0.717) is 11.4 Å². The van der Waals surface area contributed by atoms with Gasteiger partial charge in [-0.15, -0.1) is 5.10 Å². The summed E-state index contributed by atoms with van der Waals surface area (Å²) in [6.45, 7) is 3.91. The standard InChI is InChI=1S/C24H26N6O2/c1-15-13-16(2)29(27-15)22-9-10-23(31)30(28-22)20-6-4-19(5-7-20)26-24(32)18-3-8-21-17(14-18)11-12-25-21/h3,8-14,19-20,25H,4-7H2,1-2H3,(H,26,32). The summed E-state index contributed by atoms with van der Waals surface area (Å²) < 4.78 is 3.35. The van der Waals surface area contributed by atoms with E-state index in [9.17, 15) is 9.59 Å². The highest BCUT2D eigenvalue weighted by atomic mass is 16.1. The molecule has 8 nitrogen and oxygen atoms in total. The van der Waals surface area contributed by atoms with Crippen LogP contribution in [0.4, 0.5) is 0 Å². The maximum atomic E-state index is 12.7. The lowest BCUT2D eigenvalue weighted by molar-refractivity contribution is 0.0921. The van der Waals surface area contributed by atoms with E-state index in [1.165, 1.54) is 0 Å². The minimum Gasteiger partial charge on any atom is -0.361 e. The molecule has 1 amide bonds. The van der Waals surface area contributed by atoms with Gasteiger partial charge in [-0.3, -0.25) is 9.59 Å². The van der Waals surface area contributed by atoms with Gasteiger partial charge in [0.15, 0.2) is 5.82 Å². The second-order valence-corrected chi connectivity index (χ2v) is 8.57. The number of fused-ring (bicyclic) bond motifs is 1. The molecule has 1 aliphatic carbocycles. The van der Waals surface area contributed by atoms with Crippen molar-refractivity contribution in [3.05, 3.63) is 76.0 Å². The summed E-state index contributed by atoms with van der Waals surface area (Å²) in [5, 5.41) is 13.3. The highest BCUT2D eigenvalue weighted by Crippen LogP contribution is 2.27. The Morgan fingerprint density at radius 3 is 2.59 bits per heavy atom. The highest BCUT2D eigenvalue weighted by molar-refractivity contribution is 5.98. The quantitative estimate of drug-likeness (QED) is 0.518. The van der Waals surface area contributed by atoms with Crippen LogP contribution >= 0.6 is 0 Å². The largest absolute Gasteiger partial charge is 0.361 e. The summed E-state index contributed by atoms with van der Waals surface area (Å²) in [6.07, 6.45) is 5.06. The number of amides is 1. The first-order valence-corrected chi connectivity index (χ1v) is 11.0. The van der Waals surface area contributed by atoms with E-state index < -0.39 is 0 Å². The topological polar surface area (TPSA) is 97.6 Å². The Labute approximate surface area is 185 Å². The van der Waals surface area contributed by atoms with Gasteiger partial charge in [0.1, 0.15) is 0 Å². The molecule has 0 bridgehead atoms. The van der Waals surface area contributed by atoms with Gasteiger partial charge in [-0.05, 0) is 75.9 Å². The van der Waals surface area contributed by atoms with Crippen molar-refractivity contribution in [1.82, 2.24) is 29.9 Å². The zero-order valence-corrected chi connectivity index (χ0v) is 18.2. The lowest BCUT2D eigenvalue weighted by Gasteiger charge is -2.29. The zero-order valence-electron chi connectivity index (χ0n) is 18.2. The van der Waals surface area contributed by atoms with E-state index in [1.807, 2.05) is 50.4 Å². The molecule has 1 aromatic carbocycles. The minimum absolute atomic E-state index is 0.0174. The van der Waals surface area contributed by atoms with Gasteiger partial charge >= 0.3 is 0 Å². The fourth-order valence-electron chi connectivity index (χ4n) is 4.58.